The van der Waals surface area contributed by atoms with Crippen LogP contribution in [-0.4, -0.2) is 23.1 Å². The number of nitrogen functional groups attached to an aromatic ring is 1. The molecule has 0 aliphatic carbocycles. The summed E-state index contributed by atoms with van der Waals surface area (Å²) < 4.78 is 0. The molecule has 0 unspecified atom stereocenters. The highest BCUT2D eigenvalue weighted by molar-refractivity contribution is 5.59. The quantitative estimate of drug-likeness (QED) is 0.862. The van der Waals surface area contributed by atoms with Crippen LogP contribution in [0.15, 0.2) is 36.7 Å². The monoisotopic (exact) mass is 257 g/mol. The van der Waals surface area contributed by atoms with E-state index in [0.717, 1.165) is 18.8 Å². The zero-order chi connectivity index (χ0) is 13.7. The van der Waals surface area contributed by atoms with Gasteiger partial charge >= 0.3 is 0 Å². The predicted molar refractivity (Wildman–Crippen MR) is 79.7 cm³/mol. The van der Waals surface area contributed by atoms with E-state index in [1.165, 1.54) is 5.69 Å². The Hall–Kier alpha value is -2.30. The molecule has 2 aromatic rings. The van der Waals surface area contributed by atoms with Crippen LogP contribution in [-0.2, 0) is 0 Å². The topological polar surface area (TPSA) is 67.1 Å². The molecule has 5 heteroatoms. The number of aromatic nitrogens is 2. The number of benzene rings is 1. The lowest BCUT2D eigenvalue weighted by molar-refractivity contribution is 0.866. The van der Waals surface area contributed by atoms with Gasteiger partial charge in [-0.3, -0.25) is 0 Å². The second-order valence-corrected chi connectivity index (χ2v) is 4.18. The second kappa shape index (κ2) is 6.04. The third kappa shape index (κ3) is 3.34. The molecule has 1 aromatic heterocycles. The number of hydrogen-bond acceptors (Lipinski definition) is 5. The van der Waals surface area contributed by atoms with Crippen LogP contribution in [0, 0.1) is 0 Å². The Labute approximate surface area is 113 Å². The maximum absolute atomic E-state index is 5.55. The van der Waals surface area contributed by atoms with Crippen molar-refractivity contribution in [1.29, 1.82) is 0 Å². The number of nitrogens with zero attached hydrogens (tertiary/aromatic N) is 3. The lowest BCUT2D eigenvalue weighted by Crippen LogP contribution is -2.21. The summed E-state index contributed by atoms with van der Waals surface area (Å²) in [5.41, 5.74) is 8.28. The van der Waals surface area contributed by atoms with Crippen molar-refractivity contribution in [2.45, 2.75) is 13.8 Å². The summed E-state index contributed by atoms with van der Waals surface area (Å²) in [6.45, 7) is 6.31. The van der Waals surface area contributed by atoms with Gasteiger partial charge in [0.25, 0.3) is 0 Å². The Balaban J connectivity index is 2.08. The van der Waals surface area contributed by atoms with Crippen molar-refractivity contribution in [2.75, 3.05) is 29.0 Å². The van der Waals surface area contributed by atoms with Crippen molar-refractivity contribution in [3.05, 3.63) is 36.7 Å². The second-order valence-electron chi connectivity index (χ2n) is 4.18. The van der Waals surface area contributed by atoms with Crippen molar-refractivity contribution in [3.8, 4) is 0 Å². The fourth-order valence-electron chi connectivity index (χ4n) is 1.88. The molecule has 0 bridgehead atoms. The van der Waals surface area contributed by atoms with Gasteiger partial charge in [0.15, 0.2) is 0 Å². The summed E-state index contributed by atoms with van der Waals surface area (Å²) in [5, 5.41) is 3.14. The van der Waals surface area contributed by atoms with E-state index in [4.69, 9.17) is 5.73 Å². The average molecular weight is 257 g/mol. The molecule has 0 saturated carbocycles. The molecule has 0 spiro atoms. The molecule has 0 amide bonds. The van der Waals surface area contributed by atoms with Gasteiger partial charge in [0.1, 0.15) is 0 Å². The molecule has 100 valence electrons. The molecule has 19 heavy (non-hydrogen) atoms. The van der Waals surface area contributed by atoms with Crippen molar-refractivity contribution in [2.24, 2.45) is 0 Å². The summed E-state index contributed by atoms with van der Waals surface area (Å²) in [6.07, 6.45) is 3.17. The van der Waals surface area contributed by atoms with Gasteiger partial charge in [0.05, 0.1) is 18.1 Å². The van der Waals surface area contributed by atoms with Crippen LogP contribution < -0.4 is 16.0 Å². The average Bonchev–Trinajstić information content (AvgIpc) is 2.44. The first-order chi connectivity index (χ1) is 9.22. The largest absolute Gasteiger partial charge is 0.396 e. The standard InChI is InChI=1S/C14H19N5/c1-3-19(4-2)13-7-5-12(6-8-13)18-14-16-9-11(15)10-17-14/h5-10H,3-4,15H2,1-2H3,(H,16,17,18). The Morgan fingerprint density at radius 3 is 2.16 bits per heavy atom. The van der Waals surface area contributed by atoms with Crippen molar-refractivity contribution < 1.29 is 0 Å². The molecule has 2 rings (SSSR count). The molecule has 0 radical (unpaired) electrons. The van der Waals surface area contributed by atoms with Gasteiger partial charge in [0, 0.05) is 24.5 Å². The SMILES string of the molecule is CCN(CC)c1ccc(Nc2ncc(N)cn2)cc1. The fraction of sp³-hybridized carbons (Fsp3) is 0.286. The highest BCUT2D eigenvalue weighted by Crippen LogP contribution is 2.19. The van der Waals surface area contributed by atoms with Gasteiger partial charge in [-0.15, -0.1) is 0 Å². The van der Waals surface area contributed by atoms with Gasteiger partial charge in [-0.05, 0) is 38.1 Å². The number of anilines is 4. The van der Waals surface area contributed by atoms with Crippen LogP contribution in [0.5, 0.6) is 0 Å². The zero-order valence-corrected chi connectivity index (χ0v) is 11.3. The minimum Gasteiger partial charge on any atom is -0.396 e. The minimum absolute atomic E-state index is 0.546. The van der Waals surface area contributed by atoms with Crippen molar-refractivity contribution in [3.63, 3.8) is 0 Å². The normalized spacial score (nSPS) is 10.2. The van der Waals surface area contributed by atoms with E-state index in [9.17, 15) is 0 Å². The van der Waals surface area contributed by atoms with Gasteiger partial charge in [-0.2, -0.15) is 0 Å². The molecule has 0 saturated heterocycles. The van der Waals surface area contributed by atoms with Gasteiger partial charge < -0.3 is 16.0 Å². The van der Waals surface area contributed by atoms with Gasteiger partial charge in [-0.1, -0.05) is 0 Å². The Morgan fingerprint density at radius 1 is 1.05 bits per heavy atom. The summed E-state index contributed by atoms with van der Waals surface area (Å²) in [5.74, 6) is 0.546. The first-order valence-electron chi connectivity index (χ1n) is 6.42. The zero-order valence-electron chi connectivity index (χ0n) is 11.3. The molecule has 0 aliphatic heterocycles. The fourth-order valence-corrected chi connectivity index (χ4v) is 1.88. The van der Waals surface area contributed by atoms with E-state index in [1.807, 2.05) is 12.1 Å². The molecular formula is C14H19N5. The van der Waals surface area contributed by atoms with Crippen LogP contribution in [0.1, 0.15) is 13.8 Å². The highest BCUT2D eigenvalue weighted by atomic mass is 15.1. The predicted octanol–water partition coefficient (Wildman–Crippen LogP) is 2.65. The van der Waals surface area contributed by atoms with Gasteiger partial charge in [0.2, 0.25) is 5.95 Å². The summed E-state index contributed by atoms with van der Waals surface area (Å²) >= 11 is 0. The summed E-state index contributed by atoms with van der Waals surface area (Å²) in [6, 6.07) is 8.22. The molecule has 5 nitrogen and oxygen atoms in total. The van der Waals surface area contributed by atoms with Crippen molar-refractivity contribution >= 4 is 23.0 Å². The summed E-state index contributed by atoms with van der Waals surface area (Å²) in [4.78, 5) is 10.5. The highest BCUT2D eigenvalue weighted by Gasteiger charge is 2.02. The van der Waals surface area contributed by atoms with E-state index in [1.54, 1.807) is 12.4 Å². The third-order valence-electron chi connectivity index (χ3n) is 2.92. The van der Waals surface area contributed by atoms with Crippen LogP contribution in [0.4, 0.5) is 23.0 Å². The lowest BCUT2D eigenvalue weighted by Gasteiger charge is -2.21. The molecular weight excluding hydrogens is 238 g/mol. The Bertz CT molecular complexity index is 502. The molecule has 0 atom stereocenters. The molecule has 1 heterocycles. The van der Waals surface area contributed by atoms with E-state index >= 15 is 0 Å². The molecule has 0 aliphatic rings. The maximum atomic E-state index is 5.55. The number of hydrogen-bond donors (Lipinski definition) is 2. The molecule has 0 fully saturated rings. The number of nitrogens with two attached hydrogens (primary N) is 1. The third-order valence-corrected chi connectivity index (χ3v) is 2.92. The number of rotatable bonds is 5. The lowest BCUT2D eigenvalue weighted by atomic mass is 10.2. The summed E-state index contributed by atoms with van der Waals surface area (Å²) in [7, 11) is 0. The van der Waals surface area contributed by atoms with E-state index in [0.29, 0.717) is 11.6 Å². The molecule has 3 N–H and O–H groups in total. The minimum atomic E-state index is 0.546. The Morgan fingerprint density at radius 2 is 1.63 bits per heavy atom. The van der Waals surface area contributed by atoms with Gasteiger partial charge in [-0.25, -0.2) is 9.97 Å². The molecule has 1 aromatic carbocycles. The van der Waals surface area contributed by atoms with Crippen molar-refractivity contribution in [1.82, 2.24) is 9.97 Å². The Kier molecular flexibility index (Phi) is 4.18. The van der Waals surface area contributed by atoms with E-state index in [-0.39, 0.29) is 0 Å². The maximum Gasteiger partial charge on any atom is 0.227 e. The van der Waals surface area contributed by atoms with E-state index in [2.05, 4.69) is 46.2 Å². The first-order valence-corrected chi connectivity index (χ1v) is 6.42. The smallest absolute Gasteiger partial charge is 0.227 e. The van der Waals surface area contributed by atoms with Crippen LogP contribution in [0.25, 0.3) is 0 Å². The van der Waals surface area contributed by atoms with Crippen LogP contribution in [0.3, 0.4) is 0 Å². The van der Waals surface area contributed by atoms with Crippen LogP contribution >= 0.6 is 0 Å². The first kappa shape index (κ1) is 13.1. The van der Waals surface area contributed by atoms with E-state index < -0.39 is 0 Å². The number of nitrogens with one attached hydrogen (secondary N) is 1. The van der Waals surface area contributed by atoms with Crippen LogP contribution in [0.2, 0.25) is 0 Å².